The molecule has 0 aliphatic carbocycles. The number of phenolic OH excluding ortho intramolecular Hbond substituents is 1. The summed E-state index contributed by atoms with van der Waals surface area (Å²) in [6.45, 7) is 2.47. The van der Waals surface area contributed by atoms with E-state index in [4.69, 9.17) is 11.6 Å². The zero-order valence-corrected chi connectivity index (χ0v) is 14.9. The first-order valence-corrected chi connectivity index (χ1v) is 8.51. The standard InChI is InChI=1S/C18H18ClN5O2/c1-11(10-20-18(26)15-4-2-3-5-16(15)25)8-12-9-13(19)6-7-14(12)17-21-23-24-22-17/h2-7,9,11,25H,8,10H2,1H3,(H,20,26)(H,21,22,23,24). The highest BCUT2D eigenvalue weighted by atomic mass is 35.5. The van der Waals surface area contributed by atoms with Gasteiger partial charge in [0.05, 0.1) is 5.56 Å². The van der Waals surface area contributed by atoms with Gasteiger partial charge in [0, 0.05) is 17.1 Å². The minimum atomic E-state index is -0.306. The van der Waals surface area contributed by atoms with Crippen molar-refractivity contribution in [2.75, 3.05) is 6.54 Å². The number of halogens is 1. The van der Waals surface area contributed by atoms with E-state index < -0.39 is 0 Å². The van der Waals surface area contributed by atoms with Crippen LogP contribution in [0, 0.1) is 5.92 Å². The first-order valence-electron chi connectivity index (χ1n) is 8.13. The van der Waals surface area contributed by atoms with Crippen LogP contribution in [0.25, 0.3) is 11.4 Å². The highest BCUT2D eigenvalue weighted by Gasteiger charge is 2.15. The molecule has 7 nitrogen and oxygen atoms in total. The Balaban J connectivity index is 1.67. The summed E-state index contributed by atoms with van der Waals surface area (Å²) < 4.78 is 0. The van der Waals surface area contributed by atoms with E-state index in [1.807, 2.05) is 19.1 Å². The topological polar surface area (TPSA) is 104 Å². The SMILES string of the molecule is CC(CNC(=O)c1ccccc1O)Cc1cc(Cl)ccc1-c1nn[nH]n1. The van der Waals surface area contributed by atoms with E-state index in [1.54, 1.807) is 24.3 Å². The molecule has 0 spiro atoms. The second-order valence-corrected chi connectivity index (χ2v) is 6.51. The fourth-order valence-electron chi connectivity index (χ4n) is 2.70. The van der Waals surface area contributed by atoms with Crippen LogP contribution in [0.3, 0.4) is 0 Å². The Morgan fingerprint density at radius 1 is 1.31 bits per heavy atom. The predicted octanol–water partition coefficient (Wildman–Crippen LogP) is 2.83. The van der Waals surface area contributed by atoms with Crippen LogP contribution in [0.1, 0.15) is 22.8 Å². The van der Waals surface area contributed by atoms with Gasteiger partial charge in [-0.2, -0.15) is 5.21 Å². The molecular weight excluding hydrogens is 354 g/mol. The Labute approximate surface area is 155 Å². The van der Waals surface area contributed by atoms with Crippen LogP contribution in [-0.4, -0.2) is 38.2 Å². The molecule has 3 N–H and O–H groups in total. The van der Waals surface area contributed by atoms with Crippen molar-refractivity contribution in [1.29, 1.82) is 0 Å². The lowest BCUT2D eigenvalue weighted by Crippen LogP contribution is -2.29. The minimum absolute atomic E-state index is 0.0353. The summed E-state index contributed by atoms with van der Waals surface area (Å²) in [5.74, 6) is 0.294. The van der Waals surface area contributed by atoms with Gasteiger partial charge in [-0.25, -0.2) is 0 Å². The summed E-state index contributed by atoms with van der Waals surface area (Å²) in [5, 5.41) is 27.3. The van der Waals surface area contributed by atoms with E-state index in [0.717, 1.165) is 11.1 Å². The number of carbonyl (C=O) groups excluding carboxylic acids is 1. The number of aromatic hydroxyl groups is 1. The normalized spacial score (nSPS) is 11.9. The number of para-hydroxylation sites is 1. The monoisotopic (exact) mass is 371 g/mol. The Morgan fingerprint density at radius 2 is 2.12 bits per heavy atom. The maximum Gasteiger partial charge on any atom is 0.255 e. The first kappa shape index (κ1) is 17.9. The Kier molecular flexibility index (Phi) is 5.48. The molecule has 0 radical (unpaired) electrons. The average molecular weight is 372 g/mol. The molecule has 1 aromatic heterocycles. The van der Waals surface area contributed by atoms with Crippen molar-refractivity contribution in [2.24, 2.45) is 5.92 Å². The second kappa shape index (κ2) is 7.97. The Hall–Kier alpha value is -2.93. The van der Waals surface area contributed by atoms with E-state index >= 15 is 0 Å². The summed E-state index contributed by atoms with van der Waals surface area (Å²) in [5.41, 5.74) is 2.08. The fraction of sp³-hybridized carbons (Fsp3) is 0.222. The van der Waals surface area contributed by atoms with E-state index in [-0.39, 0.29) is 23.1 Å². The number of hydrogen-bond donors (Lipinski definition) is 3. The molecule has 0 fully saturated rings. The largest absolute Gasteiger partial charge is 0.507 e. The van der Waals surface area contributed by atoms with Crippen LogP contribution in [0.4, 0.5) is 0 Å². The minimum Gasteiger partial charge on any atom is -0.507 e. The van der Waals surface area contributed by atoms with Crippen LogP contribution >= 0.6 is 11.6 Å². The molecule has 2 aromatic carbocycles. The summed E-state index contributed by atoms with van der Waals surface area (Å²) in [4.78, 5) is 12.2. The van der Waals surface area contributed by atoms with Crippen LogP contribution in [0.15, 0.2) is 42.5 Å². The molecule has 1 unspecified atom stereocenters. The number of benzene rings is 2. The summed E-state index contributed by atoms with van der Waals surface area (Å²) >= 11 is 6.12. The number of nitrogens with zero attached hydrogens (tertiary/aromatic N) is 3. The number of tetrazole rings is 1. The van der Waals surface area contributed by atoms with Crippen LogP contribution in [-0.2, 0) is 6.42 Å². The Bertz CT molecular complexity index is 898. The molecule has 0 aliphatic rings. The molecule has 0 aliphatic heterocycles. The van der Waals surface area contributed by atoms with Gasteiger partial charge in [0.25, 0.3) is 5.91 Å². The van der Waals surface area contributed by atoms with E-state index in [9.17, 15) is 9.90 Å². The van der Waals surface area contributed by atoms with Gasteiger partial charge in [-0.1, -0.05) is 30.7 Å². The quantitative estimate of drug-likeness (QED) is 0.618. The van der Waals surface area contributed by atoms with E-state index in [2.05, 4.69) is 25.9 Å². The number of carbonyl (C=O) groups is 1. The molecule has 1 atom stereocenters. The molecule has 1 amide bonds. The molecule has 3 aromatic rings. The fourth-order valence-corrected chi connectivity index (χ4v) is 2.90. The first-order chi connectivity index (χ1) is 12.5. The number of aromatic amines is 1. The van der Waals surface area contributed by atoms with Crippen molar-refractivity contribution < 1.29 is 9.90 Å². The number of rotatable bonds is 6. The lowest BCUT2D eigenvalue weighted by molar-refractivity contribution is 0.0945. The third kappa shape index (κ3) is 4.18. The summed E-state index contributed by atoms with van der Waals surface area (Å²) in [6.07, 6.45) is 0.672. The van der Waals surface area contributed by atoms with Crippen LogP contribution in [0.2, 0.25) is 5.02 Å². The third-order valence-corrected chi connectivity index (χ3v) is 4.22. The molecule has 134 valence electrons. The lowest BCUT2D eigenvalue weighted by Gasteiger charge is -2.15. The number of amides is 1. The molecule has 0 saturated heterocycles. The average Bonchev–Trinajstić information content (AvgIpc) is 3.14. The van der Waals surface area contributed by atoms with Gasteiger partial charge < -0.3 is 10.4 Å². The van der Waals surface area contributed by atoms with Gasteiger partial charge in [-0.3, -0.25) is 4.79 Å². The zero-order chi connectivity index (χ0) is 18.5. The molecule has 0 bridgehead atoms. The van der Waals surface area contributed by atoms with Crippen molar-refractivity contribution >= 4 is 17.5 Å². The van der Waals surface area contributed by atoms with Crippen molar-refractivity contribution in [1.82, 2.24) is 25.9 Å². The molecular formula is C18H18ClN5O2. The maximum absolute atomic E-state index is 12.2. The molecule has 26 heavy (non-hydrogen) atoms. The van der Waals surface area contributed by atoms with Crippen molar-refractivity contribution in [3.05, 3.63) is 58.6 Å². The molecule has 8 heteroatoms. The zero-order valence-electron chi connectivity index (χ0n) is 14.1. The van der Waals surface area contributed by atoms with Gasteiger partial charge in [-0.05, 0) is 53.4 Å². The molecule has 0 saturated carbocycles. The smallest absolute Gasteiger partial charge is 0.255 e. The van der Waals surface area contributed by atoms with Gasteiger partial charge >= 0.3 is 0 Å². The van der Waals surface area contributed by atoms with E-state index in [1.165, 1.54) is 6.07 Å². The molecule has 1 heterocycles. The van der Waals surface area contributed by atoms with Crippen molar-refractivity contribution in [2.45, 2.75) is 13.3 Å². The molecule has 3 rings (SSSR count). The highest BCUT2D eigenvalue weighted by molar-refractivity contribution is 6.30. The number of nitrogens with one attached hydrogen (secondary N) is 2. The Morgan fingerprint density at radius 3 is 2.85 bits per heavy atom. The van der Waals surface area contributed by atoms with Gasteiger partial charge in [0.15, 0.2) is 0 Å². The second-order valence-electron chi connectivity index (χ2n) is 6.07. The third-order valence-electron chi connectivity index (χ3n) is 3.98. The lowest BCUT2D eigenvalue weighted by atomic mass is 9.96. The maximum atomic E-state index is 12.2. The highest BCUT2D eigenvalue weighted by Crippen LogP contribution is 2.25. The van der Waals surface area contributed by atoms with Crippen LogP contribution in [0.5, 0.6) is 5.75 Å². The number of hydrogen-bond acceptors (Lipinski definition) is 5. The van der Waals surface area contributed by atoms with Crippen molar-refractivity contribution in [3.63, 3.8) is 0 Å². The summed E-state index contributed by atoms with van der Waals surface area (Å²) in [7, 11) is 0. The summed E-state index contributed by atoms with van der Waals surface area (Å²) in [6, 6.07) is 12.0. The predicted molar refractivity (Wildman–Crippen MR) is 97.9 cm³/mol. The number of phenols is 1. The van der Waals surface area contributed by atoms with Gasteiger partial charge in [0.2, 0.25) is 5.82 Å². The van der Waals surface area contributed by atoms with Crippen LogP contribution < -0.4 is 5.32 Å². The number of H-pyrrole nitrogens is 1. The van der Waals surface area contributed by atoms with Crippen molar-refractivity contribution in [3.8, 4) is 17.1 Å². The van der Waals surface area contributed by atoms with Gasteiger partial charge in [-0.15, -0.1) is 10.2 Å². The number of aromatic nitrogens is 4. The van der Waals surface area contributed by atoms with Gasteiger partial charge in [0.1, 0.15) is 5.75 Å². The van der Waals surface area contributed by atoms with E-state index in [0.29, 0.717) is 23.8 Å².